The van der Waals surface area contributed by atoms with Crippen molar-refractivity contribution in [1.82, 2.24) is 5.32 Å². The maximum atomic E-state index is 8.87. The quantitative estimate of drug-likeness (QED) is 0.837. The first-order chi connectivity index (χ1) is 8.03. The molecule has 17 heavy (non-hydrogen) atoms. The number of nitrogens with zero attached hydrogens (tertiary/aromatic N) is 1. The van der Waals surface area contributed by atoms with Crippen LogP contribution in [-0.2, 0) is 0 Å². The average Bonchev–Trinajstić information content (AvgIpc) is 2.27. The molecule has 0 radical (unpaired) electrons. The van der Waals surface area contributed by atoms with E-state index in [4.69, 9.17) is 5.26 Å². The Balaban J connectivity index is 2.54. The van der Waals surface area contributed by atoms with E-state index in [1.165, 1.54) is 5.56 Å². The smallest absolute Gasteiger partial charge is 0.0641 e. The summed E-state index contributed by atoms with van der Waals surface area (Å²) in [7, 11) is 0. The van der Waals surface area contributed by atoms with Crippen molar-refractivity contribution in [1.29, 1.82) is 5.26 Å². The van der Waals surface area contributed by atoms with E-state index >= 15 is 0 Å². The lowest BCUT2D eigenvalue weighted by Crippen LogP contribution is -2.25. The Morgan fingerprint density at radius 3 is 2.41 bits per heavy atom. The molecule has 0 saturated carbocycles. The normalized spacial score (nSPS) is 13.1. The first-order valence-corrected chi connectivity index (χ1v) is 6.18. The average molecular weight is 230 g/mol. The van der Waals surface area contributed by atoms with Gasteiger partial charge in [0.15, 0.2) is 0 Å². The fraction of sp³-hybridized carbons (Fsp3) is 0.533. The van der Waals surface area contributed by atoms with Crippen molar-refractivity contribution in [2.45, 2.75) is 39.7 Å². The van der Waals surface area contributed by atoms with Crippen molar-refractivity contribution >= 4 is 0 Å². The predicted octanol–water partition coefficient (Wildman–Crippen LogP) is 3.67. The third kappa shape index (κ3) is 5.51. The van der Waals surface area contributed by atoms with E-state index in [-0.39, 0.29) is 6.04 Å². The fourth-order valence-corrected chi connectivity index (χ4v) is 1.71. The van der Waals surface area contributed by atoms with Crippen LogP contribution >= 0.6 is 0 Å². The second-order valence-electron chi connectivity index (χ2n) is 5.59. The van der Waals surface area contributed by atoms with Gasteiger partial charge < -0.3 is 5.32 Å². The maximum Gasteiger partial charge on any atom is 0.0641 e. The molecule has 1 atom stereocenters. The Bertz CT molecular complexity index is 357. The van der Waals surface area contributed by atoms with Crippen molar-refractivity contribution in [2.75, 3.05) is 6.54 Å². The van der Waals surface area contributed by atoms with Gasteiger partial charge in [0.05, 0.1) is 12.5 Å². The van der Waals surface area contributed by atoms with Crippen molar-refractivity contribution < 1.29 is 0 Å². The Hall–Kier alpha value is -1.33. The number of benzene rings is 1. The highest BCUT2D eigenvalue weighted by Crippen LogP contribution is 2.20. The van der Waals surface area contributed by atoms with Crippen LogP contribution < -0.4 is 5.32 Å². The molecule has 0 heterocycles. The molecule has 92 valence electrons. The van der Waals surface area contributed by atoms with Gasteiger partial charge in [-0.05, 0) is 23.9 Å². The minimum Gasteiger partial charge on any atom is -0.309 e. The number of hydrogen-bond acceptors (Lipinski definition) is 2. The van der Waals surface area contributed by atoms with E-state index in [1.807, 2.05) is 18.2 Å². The summed E-state index contributed by atoms with van der Waals surface area (Å²) in [6.07, 6.45) is 1.63. The van der Waals surface area contributed by atoms with Crippen LogP contribution in [-0.4, -0.2) is 6.54 Å². The molecule has 1 aromatic rings. The zero-order valence-electron chi connectivity index (χ0n) is 11.0. The molecule has 0 aliphatic carbocycles. The highest BCUT2D eigenvalue weighted by atomic mass is 14.9. The van der Waals surface area contributed by atoms with Crippen LogP contribution in [0.4, 0.5) is 0 Å². The van der Waals surface area contributed by atoms with Crippen LogP contribution in [0.2, 0.25) is 0 Å². The molecule has 1 N–H and O–H groups in total. The Morgan fingerprint density at radius 1 is 1.24 bits per heavy atom. The van der Waals surface area contributed by atoms with Gasteiger partial charge in [-0.2, -0.15) is 5.26 Å². The highest BCUT2D eigenvalue weighted by molar-refractivity contribution is 5.19. The second-order valence-corrected chi connectivity index (χ2v) is 5.59. The van der Waals surface area contributed by atoms with E-state index in [9.17, 15) is 0 Å². The largest absolute Gasteiger partial charge is 0.309 e. The summed E-state index contributed by atoms with van der Waals surface area (Å²) in [5, 5.41) is 12.3. The maximum absolute atomic E-state index is 8.87. The van der Waals surface area contributed by atoms with E-state index in [0.717, 1.165) is 13.0 Å². The summed E-state index contributed by atoms with van der Waals surface area (Å²) < 4.78 is 0. The molecule has 1 rings (SSSR count). The summed E-state index contributed by atoms with van der Waals surface area (Å²) in [6.45, 7) is 7.65. The van der Waals surface area contributed by atoms with E-state index in [2.05, 4.69) is 44.3 Å². The van der Waals surface area contributed by atoms with E-state index in [0.29, 0.717) is 11.8 Å². The SMILES string of the molecule is CC(C)(C)CCNC(CC#N)c1ccccc1. The second kappa shape index (κ2) is 6.42. The van der Waals surface area contributed by atoms with Gasteiger partial charge in [-0.3, -0.25) is 0 Å². The fourth-order valence-electron chi connectivity index (χ4n) is 1.71. The van der Waals surface area contributed by atoms with Crippen molar-refractivity contribution in [3.05, 3.63) is 35.9 Å². The van der Waals surface area contributed by atoms with Gasteiger partial charge in [0.2, 0.25) is 0 Å². The molecule has 1 unspecified atom stereocenters. The number of rotatable bonds is 5. The summed E-state index contributed by atoms with van der Waals surface area (Å²) in [5.41, 5.74) is 1.53. The minimum absolute atomic E-state index is 0.156. The van der Waals surface area contributed by atoms with Crippen LogP contribution in [0.3, 0.4) is 0 Å². The Labute approximate surface area is 105 Å². The molecule has 0 spiro atoms. The van der Waals surface area contributed by atoms with Gasteiger partial charge in [0.25, 0.3) is 0 Å². The van der Waals surface area contributed by atoms with E-state index in [1.54, 1.807) is 0 Å². The lowest BCUT2D eigenvalue weighted by molar-refractivity contribution is 0.355. The molecule has 0 aliphatic heterocycles. The van der Waals surface area contributed by atoms with Crippen LogP contribution in [0, 0.1) is 16.7 Å². The first kappa shape index (κ1) is 13.7. The Morgan fingerprint density at radius 2 is 1.88 bits per heavy atom. The molecular weight excluding hydrogens is 208 g/mol. The standard InChI is InChI=1S/C15H22N2/c1-15(2,3)10-12-17-14(9-11-16)13-7-5-4-6-8-13/h4-8,14,17H,9-10,12H2,1-3H3. The lowest BCUT2D eigenvalue weighted by atomic mass is 9.92. The summed E-state index contributed by atoms with van der Waals surface area (Å²) in [6, 6.07) is 12.6. The van der Waals surface area contributed by atoms with Crippen LogP contribution in [0.25, 0.3) is 0 Å². The van der Waals surface area contributed by atoms with E-state index < -0.39 is 0 Å². The number of nitrogens with one attached hydrogen (secondary N) is 1. The number of hydrogen-bond donors (Lipinski definition) is 1. The molecule has 0 saturated heterocycles. The predicted molar refractivity (Wildman–Crippen MR) is 71.5 cm³/mol. The first-order valence-electron chi connectivity index (χ1n) is 6.18. The molecule has 0 aromatic heterocycles. The monoisotopic (exact) mass is 230 g/mol. The zero-order valence-corrected chi connectivity index (χ0v) is 11.0. The molecule has 0 fully saturated rings. The minimum atomic E-state index is 0.156. The van der Waals surface area contributed by atoms with Crippen molar-refractivity contribution in [2.24, 2.45) is 5.41 Å². The van der Waals surface area contributed by atoms with Crippen LogP contribution in [0.5, 0.6) is 0 Å². The van der Waals surface area contributed by atoms with Gasteiger partial charge >= 0.3 is 0 Å². The zero-order chi connectivity index (χ0) is 12.7. The van der Waals surface area contributed by atoms with Gasteiger partial charge in [0.1, 0.15) is 0 Å². The Kier molecular flexibility index (Phi) is 5.18. The third-order valence-corrected chi connectivity index (χ3v) is 2.76. The van der Waals surface area contributed by atoms with Gasteiger partial charge in [-0.25, -0.2) is 0 Å². The summed E-state index contributed by atoms with van der Waals surface area (Å²) in [5.74, 6) is 0. The van der Waals surface area contributed by atoms with Crippen molar-refractivity contribution in [3.63, 3.8) is 0 Å². The molecular formula is C15H22N2. The molecule has 2 heteroatoms. The van der Waals surface area contributed by atoms with Crippen LogP contribution in [0.15, 0.2) is 30.3 Å². The topological polar surface area (TPSA) is 35.8 Å². The number of nitriles is 1. The van der Waals surface area contributed by atoms with Crippen LogP contribution in [0.1, 0.15) is 45.2 Å². The highest BCUT2D eigenvalue weighted by Gasteiger charge is 2.13. The lowest BCUT2D eigenvalue weighted by Gasteiger charge is -2.21. The third-order valence-electron chi connectivity index (χ3n) is 2.76. The summed E-state index contributed by atoms with van der Waals surface area (Å²) in [4.78, 5) is 0. The molecule has 0 aliphatic rings. The van der Waals surface area contributed by atoms with Gasteiger partial charge in [0, 0.05) is 6.04 Å². The van der Waals surface area contributed by atoms with Gasteiger partial charge in [-0.1, -0.05) is 51.1 Å². The van der Waals surface area contributed by atoms with Crippen molar-refractivity contribution in [3.8, 4) is 6.07 Å². The molecule has 1 aromatic carbocycles. The summed E-state index contributed by atoms with van der Waals surface area (Å²) >= 11 is 0. The van der Waals surface area contributed by atoms with Gasteiger partial charge in [-0.15, -0.1) is 0 Å². The molecule has 2 nitrogen and oxygen atoms in total. The molecule has 0 amide bonds. The molecule has 0 bridgehead atoms.